The Morgan fingerprint density at radius 3 is 1.68 bits per heavy atom. The average Bonchev–Trinajstić information content (AvgIpc) is 3.05. The van der Waals surface area contributed by atoms with Gasteiger partial charge in [0.2, 0.25) is 0 Å². The summed E-state index contributed by atoms with van der Waals surface area (Å²) in [4.78, 5) is 23.8. The van der Waals surface area contributed by atoms with Gasteiger partial charge in [-0.25, -0.2) is 0 Å². The van der Waals surface area contributed by atoms with Gasteiger partial charge in [-0.2, -0.15) is 0 Å². The molecule has 0 aromatic rings. The van der Waals surface area contributed by atoms with Crippen LogP contribution in [-0.4, -0.2) is 47.6 Å². The minimum Gasteiger partial charge on any atom is -0.463 e. The highest BCUT2D eigenvalue weighted by Crippen LogP contribution is 2.14. The van der Waals surface area contributed by atoms with Gasteiger partial charge in [0.15, 0.2) is 0 Å². The lowest BCUT2D eigenvalue weighted by molar-refractivity contribution is -0.152. The van der Waals surface area contributed by atoms with Crippen molar-refractivity contribution in [3.8, 4) is 0 Å². The molecule has 2 N–H and O–H groups in total. The number of carbonyl (C=O) groups is 2. The number of esters is 2. The lowest BCUT2D eigenvalue weighted by Crippen LogP contribution is -2.25. The van der Waals surface area contributed by atoms with Gasteiger partial charge in [0.05, 0.1) is 6.10 Å². The molecule has 1 unspecified atom stereocenters. The van der Waals surface area contributed by atoms with Crippen molar-refractivity contribution in [1.29, 1.82) is 0 Å². The minimum atomic E-state index is -1.01. The van der Waals surface area contributed by atoms with Crippen molar-refractivity contribution in [3.63, 3.8) is 0 Å². The third-order valence-electron chi connectivity index (χ3n) is 7.48. The number of ether oxygens (including phenoxy) is 2. The van der Waals surface area contributed by atoms with E-state index in [-0.39, 0.29) is 31.6 Å². The molecule has 268 valence electrons. The van der Waals surface area contributed by atoms with Gasteiger partial charge in [-0.15, -0.1) is 0 Å². The Balaban J connectivity index is 3.66. The second-order valence-corrected chi connectivity index (χ2v) is 12.6. The molecule has 0 saturated heterocycles. The van der Waals surface area contributed by atoms with Gasteiger partial charge in [0, 0.05) is 12.8 Å². The summed E-state index contributed by atoms with van der Waals surface area (Å²) in [5.41, 5.74) is 0. The Bertz CT molecular complexity index is 911. The highest BCUT2D eigenvalue weighted by molar-refractivity contribution is 5.70. The van der Waals surface area contributed by atoms with Crippen molar-refractivity contribution < 1.29 is 29.3 Å². The second kappa shape index (κ2) is 34.6. The van der Waals surface area contributed by atoms with Crippen LogP contribution in [0.5, 0.6) is 0 Å². The molecule has 0 saturated carbocycles. The maximum Gasteiger partial charge on any atom is 0.306 e. The Kier molecular flexibility index (Phi) is 32.6. The fourth-order valence-electron chi connectivity index (χ4n) is 4.67. The molecule has 0 radical (unpaired) electrons. The normalized spacial score (nSPS) is 13.8. The number of carbonyl (C=O) groups excluding carboxylic acids is 2. The summed E-state index contributed by atoms with van der Waals surface area (Å²) in [6.45, 7) is 6.33. The predicted molar refractivity (Wildman–Crippen MR) is 197 cm³/mol. The van der Waals surface area contributed by atoms with Crippen LogP contribution in [-0.2, 0) is 19.1 Å². The highest BCUT2D eigenvalue weighted by Gasteiger charge is 2.11. The Hall–Kier alpha value is -2.70. The molecule has 47 heavy (non-hydrogen) atoms. The van der Waals surface area contributed by atoms with Crippen LogP contribution >= 0.6 is 0 Å². The first-order valence-corrected chi connectivity index (χ1v) is 18.5. The topological polar surface area (TPSA) is 93.1 Å². The number of rotatable bonds is 31. The van der Waals surface area contributed by atoms with E-state index in [0.29, 0.717) is 19.3 Å². The lowest BCUT2D eigenvalue weighted by Gasteiger charge is -2.12. The monoisotopic (exact) mass is 657 g/mol. The molecular formula is C41H68O6. The van der Waals surface area contributed by atoms with Crippen molar-refractivity contribution in [3.05, 3.63) is 72.9 Å². The van der Waals surface area contributed by atoms with E-state index in [1.807, 2.05) is 30.4 Å². The van der Waals surface area contributed by atoms with Crippen LogP contribution < -0.4 is 0 Å². The molecule has 0 aliphatic carbocycles. The van der Waals surface area contributed by atoms with Crippen molar-refractivity contribution in [2.45, 2.75) is 155 Å². The molecule has 0 rings (SSSR count). The van der Waals surface area contributed by atoms with Crippen LogP contribution in [0.1, 0.15) is 143 Å². The molecule has 0 aliphatic rings. The molecule has 0 aliphatic heterocycles. The molecule has 0 spiro atoms. The van der Waals surface area contributed by atoms with Crippen LogP contribution in [0, 0.1) is 5.92 Å². The van der Waals surface area contributed by atoms with Crippen molar-refractivity contribution in [1.82, 2.24) is 0 Å². The van der Waals surface area contributed by atoms with Gasteiger partial charge in [0.25, 0.3) is 0 Å². The summed E-state index contributed by atoms with van der Waals surface area (Å²) >= 11 is 0. The summed E-state index contributed by atoms with van der Waals surface area (Å²) in [6, 6.07) is 0. The van der Waals surface area contributed by atoms with E-state index in [1.165, 1.54) is 51.4 Å². The number of unbranched alkanes of at least 4 members (excludes halogenated alkanes) is 9. The number of aliphatic hydroxyl groups is 2. The summed E-state index contributed by atoms with van der Waals surface area (Å²) in [7, 11) is 0. The third kappa shape index (κ3) is 36.0. The van der Waals surface area contributed by atoms with Gasteiger partial charge in [-0.1, -0.05) is 158 Å². The first-order valence-electron chi connectivity index (χ1n) is 18.5. The Morgan fingerprint density at radius 2 is 1.11 bits per heavy atom. The summed E-state index contributed by atoms with van der Waals surface area (Å²) in [5, 5.41) is 19.8. The van der Waals surface area contributed by atoms with Gasteiger partial charge in [-0.3, -0.25) is 9.59 Å². The van der Waals surface area contributed by atoms with E-state index in [9.17, 15) is 19.8 Å². The largest absolute Gasteiger partial charge is 0.463 e. The SMILES string of the molecule is CC/C=C\CC(O)/C=C/C=C/C/C=C\C/C=C\C/C=C\CCC(=O)OC[C@@H](O)COC(=O)CCCCCCCCCCCCC(C)C. The molecule has 0 aromatic heterocycles. The molecule has 6 nitrogen and oxygen atoms in total. The maximum atomic E-state index is 11.9. The number of allylic oxidation sites excluding steroid dienone is 10. The summed E-state index contributed by atoms with van der Waals surface area (Å²) in [5.74, 6) is 0.132. The van der Waals surface area contributed by atoms with Gasteiger partial charge < -0.3 is 19.7 Å². The fraction of sp³-hybridized carbons (Fsp3) is 0.659. The molecule has 6 heteroatoms. The van der Waals surface area contributed by atoms with E-state index in [0.717, 1.165) is 50.9 Å². The maximum absolute atomic E-state index is 11.9. The van der Waals surface area contributed by atoms with E-state index < -0.39 is 12.2 Å². The average molecular weight is 657 g/mol. The zero-order valence-corrected chi connectivity index (χ0v) is 30.0. The molecule has 0 aromatic carbocycles. The summed E-state index contributed by atoms with van der Waals surface area (Å²) in [6.07, 6.45) is 41.5. The number of hydrogen-bond acceptors (Lipinski definition) is 6. The number of hydrogen-bond donors (Lipinski definition) is 2. The van der Waals surface area contributed by atoms with Crippen LogP contribution in [0.3, 0.4) is 0 Å². The molecular weight excluding hydrogens is 588 g/mol. The van der Waals surface area contributed by atoms with Crippen molar-refractivity contribution >= 4 is 11.9 Å². The molecule has 0 bridgehead atoms. The molecule has 0 heterocycles. The van der Waals surface area contributed by atoms with Gasteiger partial charge >= 0.3 is 11.9 Å². The quantitative estimate of drug-likeness (QED) is 0.0334. The Labute approximate surface area is 287 Å². The highest BCUT2D eigenvalue weighted by atomic mass is 16.6. The van der Waals surface area contributed by atoms with Crippen LogP contribution in [0.15, 0.2) is 72.9 Å². The van der Waals surface area contributed by atoms with Crippen molar-refractivity contribution in [2.75, 3.05) is 13.2 Å². The van der Waals surface area contributed by atoms with Crippen LogP contribution in [0.4, 0.5) is 0 Å². The Morgan fingerprint density at radius 1 is 0.596 bits per heavy atom. The third-order valence-corrected chi connectivity index (χ3v) is 7.48. The lowest BCUT2D eigenvalue weighted by atomic mass is 10.0. The molecule has 0 fully saturated rings. The van der Waals surface area contributed by atoms with Crippen LogP contribution in [0.25, 0.3) is 0 Å². The standard InChI is InChI=1S/C41H68O6/c1-4-5-25-31-38(42)32-27-22-18-14-9-7-6-8-10-15-19-23-28-33-40(44)46-35-39(43)36-47-41(45)34-29-24-20-16-12-11-13-17-21-26-30-37(2)3/h5,7-10,18-19,22-23,25,27,32,37-39,42-43H,4,6,11-17,20-21,24,26,28-31,33-36H2,1-3H3/b9-7-,10-8-,22-18+,23-19-,25-5-,32-27+/t38?,39-/m1/s1. The van der Waals surface area contributed by atoms with Crippen LogP contribution in [0.2, 0.25) is 0 Å². The summed E-state index contributed by atoms with van der Waals surface area (Å²) < 4.78 is 10.2. The van der Waals surface area contributed by atoms with Gasteiger partial charge in [-0.05, 0) is 50.9 Å². The van der Waals surface area contributed by atoms with Crippen molar-refractivity contribution in [2.24, 2.45) is 5.92 Å². The van der Waals surface area contributed by atoms with E-state index >= 15 is 0 Å². The van der Waals surface area contributed by atoms with Gasteiger partial charge in [0.1, 0.15) is 19.3 Å². The van der Waals surface area contributed by atoms with E-state index in [1.54, 1.807) is 6.08 Å². The first kappa shape index (κ1) is 44.3. The molecule has 2 atom stereocenters. The zero-order valence-electron chi connectivity index (χ0n) is 30.0. The number of aliphatic hydroxyl groups excluding tert-OH is 2. The first-order chi connectivity index (χ1) is 22.8. The fourth-order valence-corrected chi connectivity index (χ4v) is 4.67. The smallest absolute Gasteiger partial charge is 0.306 e. The zero-order chi connectivity index (χ0) is 34.6. The molecule has 0 amide bonds. The van der Waals surface area contributed by atoms with E-state index in [4.69, 9.17) is 9.47 Å². The minimum absolute atomic E-state index is 0.152. The predicted octanol–water partition coefficient (Wildman–Crippen LogP) is 10.2. The second-order valence-electron chi connectivity index (χ2n) is 12.6. The van der Waals surface area contributed by atoms with E-state index in [2.05, 4.69) is 57.2 Å².